The predicted molar refractivity (Wildman–Crippen MR) is 60.2 cm³/mol. The fraction of sp³-hybridized carbons (Fsp3) is 0.417. The maximum atomic E-state index is 12.8. The van der Waals surface area contributed by atoms with Crippen LogP contribution < -0.4 is 0 Å². The van der Waals surface area contributed by atoms with Crippen molar-refractivity contribution in [3.63, 3.8) is 0 Å². The van der Waals surface area contributed by atoms with Gasteiger partial charge in [0.2, 0.25) is 0 Å². The van der Waals surface area contributed by atoms with Gasteiger partial charge in [-0.25, -0.2) is 8.78 Å². The number of hydrogen-bond acceptors (Lipinski definition) is 1. The maximum absolute atomic E-state index is 12.8. The Morgan fingerprint density at radius 3 is 2.62 bits per heavy atom. The van der Waals surface area contributed by atoms with Gasteiger partial charge < -0.3 is 0 Å². The molecule has 0 unspecified atom stereocenters. The standard InChI is InChI=1S/C12H13ClF2O/c1-2-8-3-4-9(6-10(16)7-13)11(5-8)12(14)15/h3-5,12H,2,6-7H2,1H3. The van der Waals surface area contributed by atoms with Crippen molar-refractivity contribution in [1.82, 2.24) is 0 Å². The summed E-state index contributed by atoms with van der Waals surface area (Å²) < 4.78 is 25.5. The van der Waals surface area contributed by atoms with E-state index in [0.717, 1.165) is 5.56 Å². The van der Waals surface area contributed by atoms with Crippen molar-refractivity contribution in [3.05, 3.63) is 34.9 Å². The van der Waals surface area contributed by atoms with E-state index in [2.05, 4.69) is 0 Å². The van der Waals surface area contributed by atoms with Crippen LogP contribution in [0.1, 0.15) is 30.0 Å². The zero-order chi connectivity index (χ0) is 12.1. The van der Waals surface area contributed by atoms with E-state index in [4.69, 9.17) is 11.6 Å². The van der Waals surface area contributed by atoms with Crippen LogP contribution >= 0.6 is 11.6 Å². The van der Waals surface area contributed by atoms with E-state index in [0.29, 0.717) is 12.0 Å². The van der Waals surface area contributed by atoms with Crippen LogP contribution in [0.4, 0.5) is 8.78 Å². The summed E-state index contributed by atoms with van der Waals surface area (Å²) in [5.41, 5.74) is 1.16. The summed E-state index contributed by atoms with van der Waals surface area (Å²) in [6.45, 7) is 1.90. The van der Waals surface area contributed by atoms with Gasteiger partial charge in [0.25, 0.3) is 6.43 Å². The van der Waals surface area contributed by atoms with Crippen molar-refractivity contribution in [1.29, 1.82) is 0 Å². The lowest BCUT2D eigenvalue weighted by Crippen LogP contribution is -2.07. The van der Waals surface area contributed by atoms with E-state index in [1.54, 1.807) is 12.1 Å². The second kappa shape index (κ2) is 5.94. The molecule has 1 aromatic rings. The first-order valence-corrected chi connectivity index (χ1v) is 5.59. The quantitative estimate of drug-likeness (QED) is 0.727. The van der Waals surface area contributed by atoms with Crippen LogP contribution in [0.5, 0.6) is 0 Å². The molecule has 0 bridgehead atoms. The molecule has 16 heavy (non-hydrogen) atoms. The number of hydrogen-bond donors (Lipinski definition) is 0. The number of carbonyl (C=O) groups excluding carboxylic acids is 1. The smallest absolute Gasteiger partial charge is 0.264 e. The Bertz CT molecular complexity index is 377. The Kier molecular flexibility index (Phi) is 4.87. The summed E-state index contributed by atoms with van der Waals surface area (Å²) in [5, 5.41) is 0. The fourth-order valence-electron chi connectivity index (χ4n) is 1.49. The van der Waals surface area contributed by atoms with Gasteiger partial charge >= 0.3 is 0 Å². The summed E-state index contributed by atoms with van der Waals surface area (Å²) in [7, 11) is 0. The molecule has 0 spiro atoms. The zero-order valence-electron chi connectivity index (χ0n) is 8.97. The lowest BCUT2D eigenvalue weighted by atomic mass is 9.99. The van der Waals surface area contributed by atoms with Gasteiger partial charge in [-0.1, -0.05) is 19.1 Å². The molecule has 0 atom stereocenters. The summed E-state index contributed by atoms with van der Waals surface area (Å²) >= 11 is 5.36. The molecule has 4 heteroatoms. The molecule has 0 aliphatic heterocycles. The molecule has 0 fully saturated rings. The number of aryl methyl sites for hydroxylation is 1. The zero-order valence-corrected chi connectivity index (χ0v) is 9.73. The van der Waals surface area contributed by atoms with Crippen molar-refractivity contribution in [2.24, 2.45) is 0 Å². The summed E-state index contributed by atoms with van der Waals surface area (Å²) in [6, 6.07) is 4.81. The molecule has 0 N–H and O–H groups in total. The Labute approximate surface area is 98.4 Å². The number of ketones is 1. The number of rotatable bonds is 5. The Morgan fingerprint density at radius 2 is 2.12 bits per heavy atom. The first-order valence-electron chi connectivity index (χ1n) is 5.06. The van der Waals surface area contributed by atoms with E-state index >= 15 is 0 Å². The second-order valence-corrected chi connectivity index (χ2v) is 3.80. The molecule has 1 aromatic carbocycles. The first kappa shape index (κ1) is 13.1. The van der Waals surface area contributed by atoms with Crippen molar-refractivity contribution < 1.29 is 13.6 Å². The molecule has 0 radical (unpaired) electrons. The van der Waals surface area contributed by atoms with E-state index in [9.17, 15) is 13.6 Å². The van der Waals surface area contributed by atoms with Gasteiger partial charge in [0, 0.05) is 12.0 Å². The summed E-state index contributed by atoms with van der Waals surface area (Å²) in [5.74, 6) is -0.383. The summed E-state index contributed by atoms with van der Waals surface area (Å²) in [6.07, 6.45) is -1.87. The first-order chi connectivity index (χ1) is 7.58. The molecule has 0 saturated carbocycles. The van der Waals surface area contributed by atoms with Gasteiger partial charge in [-0.2, -0.15) is 0 Å². The van der Waals surface area contributed by atoms with Gasteiger partial charge in [0.05, 0.1) is 5.88 Å². The summed E-state index contributed by atoms with van der Waals surface area (Å²) in [4.78, 5) is 11.1. The molecule has 0 saturated heterocycles. The van der Waals surface area contributed by atoms with Crippen LogP contribution in [-0.2, 0) is 17.6 Å². The van der Waals surface area contributed by atoms with Crippen LogP contribution in [0, 0.1) is 0 Å². The lowest BCUT2D eigenvalue weighted by Gasteiger charge is -2.09. The highest BCUT2D eigenvalue weighted by Gasteiger charge is 2.15. The van der Waals surface area contributed by atoms with Gasteiger partial charge in [0.15, 0.2) is 5.78 Å². The van der Waals surface area contributed by atoms with E-state index in [1.165, 1.54) is 6.07 Å². The topological polar surface area (TPSA) is 17.1 Å². The number of halogens is 3. The average molecular weight is 247 g/mol. The molecule has 0 aliphatic carbocycles. The van der Waals surface area contributed by atoms with Crippen molar-refractivity contribution in [2.45, 2.75) is 26.2 Å². The third-order valence-electron chi connectivity index (χ3n) is 2.39. The highest BCUT2D eigenvalue weighted by Crippen LogP contribution is 2.25. The van der Waals surface area contributed by atoms with E-state index in [-0.39, 0.29) is 23.6 Å². The van der Waals surface area contributed by atoms with Crippen LogP contribution in [-0.4, -0.2) is 11.7 Å². The molecule has 1 nitrogen and oxygen atoms in total. The third kappa shape index (κ3) is 3.27. The lowest BCUT2D eigenvalue weighted by molar-refractivity contribution is -0.116. The minimum atomic E-state index is -2.55. The monoisotopic (exact) mass is 246 g/mol. The van der Waals surface area contributed by atoms with Crippen molar-refractivity contribution >= 4 is 17.4 Å². The third-order valence-corrected chi connectivity index (χ3v) is 2.69. The highest BCUT2D eigenvalue weighted by molar-refractivity contribution is 6.27. The SMILES string of the molecule is CCc1ccc(CC(=O)CCl)c(C(F)F)c1. The minimum absolute atomic E-state index is 0.0207. The van der Waals surface area contributed by atoms with Crippen molar-refractivity contribution in [3.8, 4) is 0 Å². The molecule has 88 valence electrons. The van der Waals surface area contributed by atoms with Gasteiger partial charge in [-0.3, -0.25) is 4.79 Å². The number of alkyl halides is 3. The average Bonchev–Trinajstić information content (AvgIpc) is 2.29. The van der Waals surface area contributed by atoms with Crippen LogP contribution in [0.15, 0.2) is 18.2 Å². The molecule has 1 rings (SSSR count). The molecule has 0 aromatic heterocycles. The van der Waals surface area contributed by atoms with Crippen molar-refractivity contribution in [2.75, 3.05) is 5.88 Å². The van der Waals surface area contributed by atoms with E-state index in [1.807, 2.05) is 6.92 Å². The van der Waals surface area contributed by atoms with Gasteiger partial charge in [0.1, 0.15) is 0 Å². The normalized spacial score (nSPS) is 10.8. The highest BCUT2D eigenvalue weighted by atomic mass is 35.5. The van der Waals surface area contributed by atoms with Gasteiger partial charge in [-0.05, 0) is 23.6 Å². The molecule has 0 amide bonds. The molecular weight excluding hydrogens is 234 g/mol. The second-order valence-electron chi connectivity index (χ2n) is 3.54. The number of benzene rings is 1. The number of Topliss-reactive ketones (excluding diaryl/α,β-unsaturated/α-hetero) is 1. The predicted octanol–water partition coefficient (Wildman–Crippen LogP) is 3.54. The Morgan fingerprint density at radius 1 is 1.44 bits per heavy atom. The molecular formula is C12H13ClF2O. The number of carbonyl (C=O) groups is 1. The van der Waals surface area contributed by atoms with Crippen LogP contribution in [0.3, 0.4) is 0 Å². The van der Waals surface area contributed by atoms with Gasteiger partial charge in [-0.15, -0.1) is 11.6 Å². The Balaban J connectivity index is 3.03. The van der Waals surface area contributed by atoms with Crippen LogP contribution in [0.25, 0.3) is 0 Å². The molecule has 0 heterocycles. The fourth-order valence-corrected chi connectivity index (χ4v) is 1.58. The minimum Gasteiger partial charge on any atom is -0.298 e. The Hall–Kier alpha value is -0.960. The largest absolute Gasteiger partial charge is 0.298 e. The van der Waals surface area contributed by atoms with E-state index < -0.39 is 6.43 Å². The molecule has 0 aliphatic rings. The maximum Gasteiger partial charge on any atom is 0.264 e. The van der Waals surface area contributed by atoms with Crippen LogP contribution in [0.2, 0.25) is 0 Å².